The van der Waals surface area contributed by atoms with Crippen molar-refractivity contribution < 1.29 is 13.2 Å². The maximum absolute atomic E-state index is 12.8. The van der Waals surface area contributed by atoms with E-state index in [1.807, 2.05) is 12.1 Å². The largest absolute Gasteiger partial charge is 0.371 e. The molecule has 2 aromatic rings. The van der Waals surface area contributed by atoms with Crippen LogP contribution in [0.25, 0.3) is 0 Å². The summed E-state index contributed by atoms with van der Waals surface area (Å²) in [4.78, 5) is 0. The van der Waals surface area contributed by atoms with Crippen molar-refractivity contribution in [1.29, 1.82) is 0 Å². The molecule has 6 heteroatoms. The quantitative estimate of drug-likeness (QED) is 0.793. The van der Waals surface area contributed by atoms with E-state index in [0.29, 0.717) is 30.3 Å². The lowest BCUT2D eigenvalue weighted by Gasteiger charge is -2.32. The number of nitrogens with zero attached hydrogens (tertiary/aromatic N) is 1. The van der Waals surface area contributed by atoms with Gasteiger partial charge in [0.2, 0.25) is 10.0 Å². The van der Waals surface area contributed by atoms with Crippen LogP contribution in [0, 0.1) is 0 Å². The molecule has 0 spiro atoms. The normalized spacial score (nSPS) is 19.0. The second-order valence-electron chi connectivity index (χ2n) is 6.16. The van der Waals surface area contributed by atoms with Crippen LogP contribution in [0.2, 0.25) is 5.02 Å². The number of ether oxygens (including phenoxy) is 1. The highest BCUT2D eigenvalue weighted by molar-refractivity contribution is 7.88. The van der Waals surface area contributed by atoms with Crippen molar-refractivity contribution in [3.63, 3.8) is 0 Å². The molecular formula is C19H22ClNO3S. The van der Waals surface area contributed by atoms with Crippen LogP contribution in [0.4, 0.5) is 0 Å². The third-order valence-electron chi connectivity index (χ3n) is 4.48. The summed E-state index contributed by atoms with van der Waals surface area (Å²) in [5, 5.41) is 0.478. The van der Waals surface area contributed by atoms with E-state index in [-0.39, 0.29) is 11.9 Å². The molecule has 0 N–H and O–H groups in total. The Morgan fingerprint density at radius 3 is 2.56 bits per heavy atom. The maximum Gasteiger partial charge on any atom is 0.218 e. The molecule has 0 radical (unpaired) electrons. The van der Waals surface area contributed by atoms with E-state index in [4.69, 9.17) is 16.3 Å². The van der Waals surface area contributed by atoms with Crippen molar-refractivity contribution in [1.82, 2.24) is 4.31 Å². The zero-order valence-electron chi connectivity index (χ0n) is 14.2. The van der Waals surface area contributed by atoms with Crippen LogP contribution in [0.3, 0.4) is 0 Å². The fourth-order valence-corrected chi connectivity index (χ4v) is 4.78. The highest BCUT2D eigenvalue weighted by atomic mass is 35.5. The molecule has 1 saturated heterocycles. The predicted molar refractivity (Wildman–Crippen MR) is 100 cm³/mol. The van der Waals surface area contributed by atoms with E-state index >= 15 is 0 Å². The number of aryl methyl sites for hydroxylation is 1. The summed E-state index contributed by atoms with van der Waals surface area (Å²) in [6.45, 7) is 3.20. The molecule has 0 aromatic heterocycles. The van der Waals surface area contributed by atoms with Crippen molar-refractivity contribution in [3.8, 4) is 0 Å². The molecule has 25 heavy (non-hydrogen) atoms. The van der Waals surface area contributed by atoms with Gasteiger partial charge < -0.3 is 4.74 Å². The molecule has 2 aromatic carbocycles. The van der Waals surface area contributed by atoms with E-state index in [1.54, 1.807) is 24.3 Å². The van der Waals surface area contributed by atoms with Crippen LogP contribution < -0.4 is 0 Å². The third-order valence-corrected chi connectivity index (χ3v) is 6.64. The SMILES string of the molecule is CCc1ccc(C2CN(S(=O)(=O)Cc3ccccc3Cl)CCO2)cc1. The van der Waals surface area contributed by atoms with Gasteiger partial charge in [-0.1, -0.05) is 61.0 Å². The summed E-state index contributed by atoms with van der Waals surface area (Å²) >= 11 is 6.11. The first-order valence-corrected chi connectivity index (χ1v) is 10.4. The van der Waals surface area contributed by atoms with Gasteiger partial charge in [0.15, 0.2) is 0 Å². The van der Waals surface area contributed by atoms with Crippen LogP contribution in [-0.2, 0) is 26.9 Å². The number of sulfonamides is 1. The second kappa shape index (κ2) is 7.87. The Kier molecular flexibility index (Phi) is 5.79. The van der Waals surface area contributed by atoms with Crippen LogP contribution >= 0.6 is 11.6 Å². The standard InChI is InChI=1S/C19H22ClNO3S/c1-2-15-7-9-16(10-8-15)19-13-21(11-12-24-19)25(22,23)14-17-5-3-4-6-18(17)20/h3-10,19H,2,11-14H2,1H3. The molecule has 0 amide bonds. The van der Waals surface area contributed by atoms with Gasteiger partial charge in [0, 0.05) is 18.1 Å². The molecule has 0 saturated carbocycles. The molecule has 1 atom stereocenters. The highest BCUT2D eigenvalue weighted by Crippen LogP contribution is 2.26. The zero-order chi connectivity index (χ0) is 17.9. The molecule has 3 rings (SSSR count). The van der Waals surface area contributed by atoms with Crippen molar-refractivity contribution in [2.75, 3.05) is 19.7 Å². The number of hydrogen-bond acceptors (Lipinski definition) is 3. The van der Waals surface area contributed by atoms with E-state index in [1.165, 1.54) is 9.87 Å². The molecule has 1 unspecified atom stereocenters. The summed E-state index contributed by atoms with van der Waals surface area (Å²) < 4.78 is 32.9. The Hall–Kier alpha value is -1.40. The van der Waals surface area contributed by atoms with Gasteiger partial charge >= 0.3 is 0 Å². The fourth-order valence-electron chi connectivity index (χ4n) is 2.95. The minimum absolute atomic E-state index is 0.0891. The van der Waals surface area contributed by atoms with E-state index in [9.17, 15) is 8.42 Å². The Bertz CT molecular complexity index is 821. The molecule has 134 valence electrons. The summed E-state index contributed by atoms with van der Waals surface area (Å²) in [6.07, 6.45) is 0.741. The van der Waals surface area contributed by atoms with Gasteiger partial charge in [-0.05, 0) is 29.2 Å². The van der Waals surface area contributed by atoms with Crippen LogP contribution in [0.15, 0.2) is 48.5 Å². The van der Waals surface area contributed by atoms with E-state index < -0.39 is 10.0 Å². The molecule has 1 aliphatic heterocycles. The lowest BCUT2D eigenvalue weighted by molar-refractivity contribution is -0.00260. The van der Waals surface area contributed by atoms with Gasteiger partial charge in [0.25, 0.3) is 0 Å². The first kappa shape index (κ1) is 18.4. The Labute approximate surface area is 154 Å². The summed E-state index contributed by atoms with van der Waals surface area (Å²) in [6, 6.07) is 15.2. The maximum atomic E-state index is 12.8. The Balaban J connectivity index is 1.74. The number of benzene rings is 2. The van der Waals surface area contributed by atoms with Gasteiger partial charge in [-0.2, -0.15) is 4.31 Å². The minimum atomic E-state index is -3.44. The van der Waals surface area contributed by atoms with Crippen molar-refractivity contribution >= 4 is 21.6 Å². The summed E-state index contributed by atoms with van der Waals surface area (Å²) in [5.74, 6) is -0.0891. The van der Waals surface area contributed by atoms with Crippen LogP contribution in [-0.4, -0.2) is 32.4 Å². The zero-order valence-corrected chi connectivity index (χ0v) is 15.8. The Morgan fingerprint density at radius 1 is 1.16 bits per heavy atom. The van der Waals surface area contributed by atoms with Gasteiger partial charge in [0.1, 0.15) is 0 Å². The number of halogens is 1. The molecular weight excluding hydrogens is 358 g/mol. The lowest BCUT2D eigenvalue weighted by Crippen LogP contribution is -2.42. The first-order valence-electron chi connectivity index (χ1n) is 8.41. The smallest absolute Gasteiger partial charge is 0.218 e. The molecule has 1 aliphatic rings. The molecule has 1 heterocycles. The monoisotopic (exact) mass is 379 g/mol. The van der Waals surface area contributed by atoms with Crippen molar-refractivity contribution in [2.45, 2.75) is 25.2 Å². The van der Waals surface area contributed by atoms with Gasteiger partial charge in [-0.3, -0.25) is 0 Å². The van der Waals surface area contributed by atoms with Gasteiger partial charge in [-0.25, -0.2) is 8.42 Å². The molecule has 0 aliphatic carbocycles. The van der Waals surface area contributed by atoms with Gasteiger partial charge in [-0.15, -0.1) is 0 Å². The number of morpholine rings is 1. The van der Waals surface area contributed by atoms with E-state index in [2.05, 4.69) is 19.1 Å². The molecule has 1 fully saturated rings. The highest BCUT2D eigenvalue weighted by Gasteiger charge is 2.30. The average Bonchev–Trinajstić information content (AvgIpc) is 2.64. The first-order chi connectivity index (χ1) is 12.0. The number of hydrogen-bond donors (Lipinski definition) is 0. The summed E-state index contributed by atoms with van der Waals surface area (Å²) in [5.41, 5.74) is 2.89. The lowest BCUT2D eigenvalue weighted by atomic mass is 10.1. The third kappa shape index (κ3) is 4.42. The predicted octanol–water partition coefficient (Wildman–Crippen LogP) is 3.81. The van der Waals surface area contributed by atoms with E-state index in [0.717, 1.165) is 12.0 Å². The Morgan fingerprint density at radius 2 is 1.88 bits per heavy atom. The minimum Gasteiger partial charge on any atom is -0.371 e. The second-order valence-corrected chi connectivity index (χ2v) is 8.54. The summed E-state index contributed by atoms with van der Waals surface area (Å²) in [7, 11) is -3.44. The average molecular weight is 380 g/mol. The molecule has 0 bridgehead atoms. The topological polar surface area (TPSA) is 46.6 Å². The van der Waals surface area contributed by atoms with Crippen LogP contribution in [0.5, 0.6) is 0 Å². The van der Waals surface area contributed by atoms with Gasteiger partial charge in [0.05, 0.1) is 18.5 Å². The molecule has 4 nitrogen and oxygen atoms in total. The van der Waals surface area contributed by atoms with Crippen LogP contribution in [0.1, 0.15) is 29.7 Å². The number of rotatable bonds is 5. The fraction of sp³-hybridized carbons (Fsp3) is 0.368. The van der Waals surface area contributed by atoms with Crippen molar-refractivity contribution in [2.24, 2.45) is 0 Å². The van der Waals surface area contributed by atoms with Crippen molar-refractivity contribution in [3.05, 3.63) is 70.2 Å².